The van der Waals surface area contributed by atoms with Crippen LogP contribution in [-0.2, 0) is 23.9 Å². The third-order valence-corrected chi connectivity index (χ3v) is 7.04. The van der Waals surface area contributed by atoms with Crippen LogP contribution in [0.25, 0.3) is 0 Å². The van der Waals surface area contributed by atoms with Gasteiger partial charge in [0.15, 0.2) is 0 Å². The highest BCUT2D eigenvalue weighted by Crippen LogP contribution is 2.18. The molecule has 23 heavy (non-hydrogen) atoms. The lowest BCUT2D eigenvalue weighted by Crippen LogP contribution is -2.32. The smallest absolute Gasteiger partial charge is 0.311 e. The summed E-state index contributed by atoms with van der Waals surface area (Å²) in [4.78, 5) is 3.50. The zero-order chi connectivity index (χ0) is 17.1. The van der Waals surface area contributed by atoms with Crippen LogP contribution in [0.3, 0.4) is 0 Å². The second kappa shape index (κ2) is 7.12. The Kier molecular flexibility index (Phi) is 5.61. The first kappa shape index (κ1) is 18.1. The SMILES string of the molecule is CN1C=CN(CCCS(=O)(=O)OS(=O)(=O)c2ccccc2)C1S. The van der Waals surface area contributed by atoms with Crippen LogP contribution in [0.15, 0.2) is 47.6 Å². The van der Waals surface area contributed by atoms with E-state index >= 15 is 0 Å². The fourth-order valence-corrected chi connectivity index (χ4v) is 4.91. The molecule has 0 spiro atoms. The summed E-state index contributed by atoms with van der Waals surface area (Å²) in [5.41, 5.74) is -0.160. The normalized spacial score (nSPS) is 18.6. The third-order valence-electron chi connectivity index (χ3n) is 3.19. The lowest BCUT2D eigenvalue weighted by molar-refractivity contribution is 0.265. The second-order valence-corrected chi connectivity index (χ2v) is 8.91. The van der Waals surface area contributed by atoms with E-state index in [0.29, 0.717) is 6.54 Å². The molecular weight excluding hydrogens is 360 g/mol. The van der Waals surface area contributed by atoms with Crippen LogP contribution >= 0.6 is 12.6 Å². The molecular formula is C13H18N2O5S3. The molecule has 10 heteroatoms. The molecule has 0 saturated carbocycles. The van der Waals surface area contributed by atoms with Gasteiger partial charge in [-0.1, -0.05) is 18.2 Å². The lowest BCUT2D eigenvalue weighted by atomic mass is 10.4. The van der Waals surface area contributed by atoms with Crippen LogP contribution in [0, 0.1) is 0 Å². The summed E-state index contributed by atoms with van der Waals surface area (Å²) in [6.07, 6.45) is 3.84. The van der Waals surface area contributed by atoms with E-state index in [1.54, 1.807) is 12.3 Å². The van der Waals surface area contributed by atoms with Crippen molar-refractivity contribution in [2.45, 2.75) is 16.8 Å². The molecule has 0 N–H and O–H groups in total. The minimum atomic E-state index is -4.33. The second-order valence-electron chi connectivity index (χ2n) is 5.00. The van der Waals surface area contributed by atoms with Crippen molar-refractivity contribution in [3.63, 3.8) is 0 Å². The van der Waals surface area contributed by atoms with Gasteiger partial charge in [-0.15, -0.1) is 16.3 Å². The van der Waals surface area contributed by atoms with Crippen molar-refractivity contribution in [2.24, 2.45) is 0 Å². The van der Waals surface area contributed by atoms with Crippen LogP contribution < -0.4 is 0 Å². The number of benzene rings is 1. The maximum absolute atomic E-state index is 11.9. The van der Waals surface area contributed by atoms with E-state index in [2.05, 4.69) is 16.3 Å². The zero-order valence-corrected chi connectivity index (χ0v) is 15.0. The topological polar surface area (TPSA) is 84.0 Å². The molecule has 128 valence electrons. The molecule has 0 fully saturated rings. The summed E-state index contributed by atoms with van der Waals surface area (Å²) in [6, 6.07) is 7.17. The third kappa shape index (κ3) is 4.87. The highest BCUT2D eigenvalue weighted by atomic mass is 32.3. The van der Waals surface area contributed by atoms with Crippen molar-refractivity contribution in [3.05, 3.63) is 42.7 Å². The minimum absolute atomic E-state index is 0.160. The Morgan fingerprint density at radius 1 is 1.13 bits per heavy atom. The number of hydrogen-bond acceptors (Lipinski definition) is 8. The van der Waals surface area contributed by atoms with Crippen LogP contribution in [0.2, 0.25) is 0 Å². The molecule has 0 aliphatic carbocycles. The average Bonchev–Trinajstić information content (AvgIpc) is 2.79. The molecule has 2 rings (SSSR count). The number of rotatable bonds is 7. The van der Waals surface area contributed by atoms with Gasteiger partial charge in [0.25, 0.3) is 10.1 Å². The monoisotopic (exact) mass is 378 g/mol. The van der Waals surface area contributed by atoms with Crippen molar-refractivity contribution in [3.8, 4) is 0 Å². The molecule has 1 aromatic rings. The number of nitrogens with zero attached hydrogens (tertiary/aromatic N) is 2. The van der Waals surface area contributed by atoms with Gasteiger partial charge in [-0.3, -0.25) is 0 Å². The molecule has 1 aromatic carbocycles. The van der Waals surface area contributed by atoms with E-state index in [1.807, 2.05) is 23.0 Å². The first-order valence-electron chi connectivity index (χ1n) is 6.79. The molecule has 1 atom stereocenters. The molecule has 0 amide bonds. The van der Waals surface area contributed by atoms with Crippen molar-refractivity contribution < 1.29 is 20.5 Å². The first-order valence-corrected chi connectivity index (χ1v) is 10.3. The van der Waals surface area contributed by atoms with Gasteiger partial charge in [-0.2, -0.15) is 16.8 Å². The Morgan fingerprint density at radius 3 is 2.35 bits per heavy atom. The van der Waals surface area contributed by atoms with Gasteiger partial charge in [0, 0.05) is 26.0 Å². The highest BCUT2D eigenvalue weighted by Gasteiger charge is 2.25. The van der Waals surface area contributed by atoms with Crippen molar-refractivity contribution in [2.75, 3.05) is 19.3 Å². The number of hydrogen-bond donors (Lipinski definition) is 1. The van der Waals surface area contributed by atoms with Gasteiger partial charge >= 0.3 is 10.1 Å². The Morgan fingerprint density at radius 2 is 1.78 bits per heavy atom. The summed E-state index contributed by atoms with van der Waals surface area (Å²) in [5, 5.41) is 0. The van der Waals surface area contributed by atoms with Crippen molar-refractivity contribution in [1.82, 2.24) is 9.80 Å². The highest BCUT2D eigenvalue weighted by molar-refractivity contribution is 7.99. The van der Waals surface area contributed by atoms with Gasteiger partial charge in [-0.25, -0.2) is 0 Å². The Labute approximate surface area is 142 Å². The molecule has 0 saturated heterocycles. The molecule has 7 nitrogen and oxygen atoms in total. The van der Waals surface area contributed by atoms with Crippen LogP contribution in [0.4, 0.5) is 0 Å². The molecule has 0 radical (unpaired) electrons. The molecule has 1 heterocycles. The average molecular weight is 378 g/mol. The summed E-state index contributed by atoms with van der Waals surface area (Å²) in [6.45, 7) is 0.420. The summed E-state index contributed by atoms with van der Waals surface area (Å²) >= 11 is 4.36. The van der Waals surface area contributed by atoms with Crippen LogP contribution in [0.5, 0.6) is 0 Å². The van der Waals surface area contributed by atoms with E-state index in [4.69, 9.17) is 0 Å². The summed E-state index contributed by atoms with van der Waals surface area (Å²) in [5.74, 6) is -0.395. The van der Waals surface area contributed by atoms with Crippen molar-refractivity contribution >= 4 is 32.9 Å². The van der Waals surface area contributed by atoms with E-state index in [9.17, 15) is 16.8 Å². The minimum Gasteiger partial charge on any atom is -0.351 e. The largest absolute Gasteiger partial charge is 0.351 e. The van der Waals surface area contributed by atoms with E-state index in [0.717, 1.165) is 0 Å². The Bertz CT molecular complexity index is 762. The first-order chi connectivity index (χ1) is 10.7. The van der Waals surface area contributed by atoms with E-state index < -0.39 is 26.0 Å². The molecule has 1 aliphatic heterocycles. The quantitative estimate of drug-likeness (QED) is 0.710. The zero-order valence-electron chi connectivity index (χ0n) is 12.4. The standard InChI is InChI=1S/C13H18N2O5S3/c1-14-9-10-15(13(14)21)8-5-11-22(16,17)20-23(18,19)12-6-3-2-4-7-12/h2-4,6-7,9-10,13,21H,5,8,11H2,1H3. The molecule has 0 aromatic heterocycles. The fourth-order valence-electron chi connectivity index (χ4n) is 1.99. The molecule has 1 unspecified atom stereocenters. The fraction of sp³-hybridized carbons (Fsp3) is 0.385. The van der Waals surface area contributed by atoms with Crippen molar-refractivity contribution in [1.29, 1.82) is 0 Å². The van der Waals surface area contributed by atoms with Gasteiger partial charge in [-0.05, 0) is 18.6 Å². The van der Waals surface area contributed by atoms with E-state index in [1.165, 1.54) is 24.3 Å². The summed E-state index contributed by atoms with van der Waals surface area (Å²) < 4.78 is 52.0. The van der Waals surface area contributed by atoms with E-state index in [-0.39, 0.29) is 16.8 Å². The maximum atomic E-state index is 11.9. The lowest BCUT2D eigenvalue weighted by Gasteiger charge is -2.25. The van der Waals surface area contributed by atoms with Crippen LogP contribution in [0.1, 0.15) is 6.42 Å². The molecule has 1 aliphatic rings. The summed E-state index contributed by atoms with van der Waals surface area (Å²) in [7, 11) is -6.67. The van der Waals surface area contributed by atoms with Gasteiger partial charge < -0.3 is 9.80 Å². The van der Waals surface area contributed by atoms with Crippen LogP contribution in [-0.4, -0.2) is 51.5 Å². The predicted molar refractivity (Wildman–Crippen MR) is 89.5 cm³/mol. The van der Waals surface area contributed by atoms with Gasteiger partial charge in [0.1, 0.15) is 5.50 Å². The van der Waals surface area contributed by atoms with Gasteiger partial charge in [0.05, 0.1) is 10.6 Å². The Hall–Kier alpha value is -1.23. The number of thiol groups is 1. The predicted octanol–water partition coefficient (Wildman–Crippen LogP) is 1.04. The van der Waals surface area contributed by atoms with Gasteiger partial charge in [0.2, 0.25) is 0 Å². The Balaban J connectivity index is 1.91. The molecule has 0 bridgehead atoms. The maximum Gasteiger partial charge on any atom is 0.311 e.